The van der Waals surface area contributed by atoms with Gasteiger partial charge in [0.2, 0.25) is 11.7 Å². The molecule has 1 aromatic heterocycles. The lowest BCUT2D eigenvalue weighted by Gasteiger charge is -2.12. The van der Waals surface area contributed by atoms with Crippen molar-refractivity contribution in [1.29, 1.82) is 0 Å². The zero-order valence-electron chi connectivity index (χ0n) is 10.5. The van der Waals surface area contributed by atoms with Crippen LogP contribution in [-0.2, 0) is 10.2 Å². The molecule has 0 fully saturated rings. The molecule has 5 N–H and O–H groups in total. The molecule has 1 atom stereocenters. The third-order valence-electron chi connectivity index (χ3n) is 2.18. The number of rotatable bonds is 4. The molecule has 0 bridgehead atoms. The van der Waals surface area contributed by atoms with Crippen molar-refractivity contribution in [3.05, 3.63) is 11.6 Å². The minimum absolute atomic E-state index is 0.0448. The highest BCUT2D eigenvalue weighted by Gasteiger charge is 2.21. The zero-order chi connectivity index (χ0) is 13.9. The molecule has 0 aliphatic heterocycles. The number of H-pyrrole nitrogens is 1. The number of aromatic nitrogens is 3. The summed E-state index contributed by atoms with van der Waals surface area (Å²) in [4.78, 5) is 26.2. The number of aromatic amines is 1. The van der Waals surface area contributed by atoms with Gasteiger partial charge in [-0.2, -0.15) is 0 Å². The van der Waals surface area contributed by atoms with Crippen molar-refractivity contribution in [2.45, 2.75) is 32.3 Å². The molecule has 2 amide bonds. The minimum Gasteiger partial charge on any atom is -0.381 e. The van der Waals surface area contributed by atoms with Gasteiger partial charge in [0.25, 0.3) is 5.91 Å². The Hall–Kier alpha value is -1.96. The second-order valence-electron chi connectivity index (χ2n) is 4.89. The van der Waals surface area contributed by atoms with Crippen LogP contribution in [0.5, 0.6) is 0 Å². The van der Waals surface area contributed by atoms with Gasteiger partial charge in [-0.25, -0.2) is 4.98 Å². The van der Waals surface area contributed by atoms with Crippen LogP contribution >= 0.6 is 0 Å². The molecule has 1 rings (SSSR count). The second-order valence-corrected chi connectivity index (χ2v) is 4.89. The van der Waals surface area contributed by atoms with Crippen molar-refractivity contribution in [3.8, 4) is 0 Å². The largest absolute Gasteiger partial charge is 0.381 e. The van der Waals surface area contributed by atoms with Gasteiger partial charge in [0.1, 0.15) is 11.9 Å². The fraction of sp³-hybridized carbons (Fsp3) is 0.600. The summed E-state index contributed by atoms with van der Waals surface area (Å²) in [7, 11) is 0. The Labute approximate surface area is 104 Å². The molecular weight excluding hydrogens is 238 g/mol. The normalized spacial score (nSPS) is 13.1. The maximum atomic E-state index is 11.6. The van der Waals surface area contributed by atoms with E-state index in [1.165, 1.54) is 0 Å². The van der Waals surface area contributed by atoms with E-state index in [4.69, 9.17) is 10.8 Å². The van der Waals surface area contributed by atoms with Crippen LogP contribution < -0.4 is 11.1 Å². The average Bonchev–Trinajstić information content (AvgIpc) is 2.73. The van der Waals surface area contributed by atoms with Crippen LogP contribution in [0, 0.1) is 0 Å². The molecule has 8 heteroatoms. The van der Waals surface area contributed by atoms with Crippen molar-refractivity contribution in [2.24, 2.45) is 5.73 Å². The number of primary amides is 1. The summed E-state index contributed by atoms with van der Waals surface area (Å²) in [6.45, 7) is 5.50. The molecule has 0 radical (unpaired) electrons. The lowest BCUT2D eigenvalue weighted by Crippen LogP contribution is -2.40. The first-order valence-corrected chi connectivity index (χ1v) is 5.40. The monoisotopic (exact) mass is 255 g/mol. The third kappa shape index (κ3) is 3.52. The van der Waals surface area contributed by atoms with Crippen LogP contribution in [0.2, 0.25) is 0 Å². The summed E-state index contributed by atoms with van der Waals surface area (Å²) < 4.78 is 0. The molecule has 0 saturated heterocycles. The molecule has 100 valence electrons. The molecule has 0 spiro atoms. The quantitative estimate of drug-likeness (QED) is 0.529. The number of aliphatic hydroxyl groups is 1. The van der Waals surface area contributed by atoms with Crippen LogP contribution in [0.3, 0.4) is 0 Å². The van der Waals surface area contributed by atoms with Crippen LogP contribution in [0.15, 0.2) is 0 Å². The molecular formula is C10H17N5O3. The molecule has 1 heterocycles. The van der Waals surface area contributed by atoms with Gasteiger partial charge >= 0.3 is 0 Å². The Morgan fingerprint density at radius 3 is 2.56 bits per heavy atom. The molecule has 0 aromatic carbocycles. The Bertz CT molecular complexity index is 449. The standard InChI is InChI=1S/C10H17N5O3/c1-10(2,3)9-13-7(14-15-9)8(18)12-4-5(16)6(11)17/h5,16H,4H2,1-3H3,(H2,11,17)(H,12,18)(H,13,14,15). The maximum absolute atomic E-state index is 11.6. The number of hydrogen-bond acceptors (Lipinski definition) is 5. The summed E-state index contributed by atoms with van der Waals surface area (Å²) in [5.74, 6) is -0.956. The van der Waals surface area contributed by atoms with Gasteiger partial charge in [0.15, 0.2) is 0 Å². The number of amides is 2. The highest BCUT2D eigenvalue weighted by molar-refractivity contribution is 5.90. The SMILES string of the molecule is CC(C)(C)c1nc(C(=O)NCC(O)C(N)=O)n[nH]1. The summed E-state index contributed by atoms with van der Waals surface area (Å²) in [6.07, 6.45) is -1.42. The van der Waals surface area contributed by atoms with E-state index in [1.54, 1.807) is 0 Å². The lowest BCUT2D eigenvalue weighted by molar-refractivity contribution is -0.125. The molecule has 0 saturated carbocycles. The maximum Gasteiger partial charge on any atom is 0.291 e. The summed E-state index contributed by atoms with van der Waals surface area (Å²) in [5.41, 5.74) is 4.59. The molecule has 1 unspecified atom stereocenters. The Morgan fingerprint density at radius 2 is 2.11 bits per heavy atom. The lowest BCUT2D eigenvalue weighted by atomic mass is 9.96. The van der Waals surface area contributed by atoms with Crippen LogP contribution in [0.1, 0.15) is 37.2 Å². The predicted molar refractivity (Wildman–Crippen MR) is 62.6 cm³/mol. The second kappa shape index (κ2) is 5.13. The number of carbonyl (C=O) groups is 2. The van der Waals surface area contributed by atoms with Crippen LogP contribution in [0.25, 0.3) is 0 Å². The highest BCUT2D eigenvalue weighted by atomic mass is 16.3. The first kappa shape index (κ1) is 14.1. The first-order chi connectivity index (χ1) is 8.21. The first-order valence-electron chi connectivity index (χ1n) is 5.40. The fourth-order valence-corrected chi connectivity index (χ4v) is 1.07. The Kier molecular flexibility index (Phi) is 4.02. The van der Waals surface area contributed by atoms with Gasteiger partial charge in [-0.3, -0.25) is 14.7 Å². The van der Waals surface area contributed by atoms with E-state index < -0.39 is 17.9 Å². The minimum atomic E-state index is -1.42. The van der Waals surface area contributed by atoms with Crippen LogP contribution in [-0.4, -0.2) is 44.8 Å². The molecule has 0 aliphatic rings. The average molecular weight is 255 g/mol. The Balaban J connectivity index is 2.63. The predicted octanol–water partition coefficient (Wildman–Crippen LogP) is -1.32. The van der Waals surface area contributed by atoms with Crippen molar-refractivity contribution in [2.75, 3.05) is 6.54 Å². The highest BCUT2D eigenvalue weighted by Crippen LogP contribution is 2.17. The van der Waals surface area contributed by atoms with Crippen LogP contribution in [0.4, 0.5) is 0 Å². The van der Waals surface area contributed by atoms with E-state index in [1.807, 2.05) is 20.8 Å². The van der Waals surface area contributed by atoms with Gasteiger partial charge in [-0.1, -0.05) is 20.8 Å². The van der Waals surface area contributed by atoms with E-state index in [2.05, 4.69) is 20.5 Å². The van der Waals surface area contributed by atoms with Gasteiger partial charge in [0.05, 0.1) is 6.54 Å². The molecule has 1 aromatic rings. The topological polar surface area (TPSA) is 134 Å². The number of nitrogens with zero attached hydrogens (tertiary/aromatic N) is 2. The number of carbonyl (C=O) groups excluding carboxylic acids is 2. The van der Waals surface area contributed by atoms with Gasteiger partial charge < -0.3 is 16.2 Å². The summed E-state index contributed by atoms with van der Waals surface area (Å²) in [6, 6.07) is 0. The molecule has 18 heavy (non-hydrogen) atoms. The van der Waals surface area contributed by atoms with Crippen molar-refractivity contribution < 1.29 is 14.7 Å². The van der Waals surface area contributed by atoms with Crippen molar-refractivity contribution >= 4 is 11.8 Å². The number of aliphatic hydroxyl groups excluding tert-OH is 1. The summed E-state index contributed by atoms with van der Waals surface area (Å²) >= 11 is 0. The van der Waals surface area contributed by atoms with E-state index in [-0.39, 0.29) is 17.8 Å². The number of nitrogens with two attached hydrogens (primary N) is 1. The van der Waals surface area contributed by atoms with Crippen molar-refractivity contribution in [1.82, 2.24) is 20.5 Å². The number of hydrogen-bond donors (Lipinski definition) is 4. The van der Waals surface area contributed by atoms with E-state index in [9.17, 15) is 9.59 Å². The summed E-state index contributed by atoms with van der Waals surface area (Å²) in [5, 5.41) is 17.8. The van der Waals surface area contributed by atoms with Crippen molar-refractivity contribution in [3.63, 3.8) is 0 Å². The zero-order valence-corrected chi connectivity index (χ0v) is 10.5. The molecule has 0 aliphatic carbocycles. The van der Waals surface area contributed by atoms with E-state index in [0.29, 0.717) is 5.82 Å². The van der Waals surface area contributed by atoms with Gasteiger partial charge in [0, 0.05) is 5.41 Å². The van der Waals surface area contributed by atoms with E-state index >= 15 is 0 Å². The fourth-order valence-electron chi connectivity index (χ4n) is 1.07. The third-order valence-corrected chi connectivity index (χ3v) is 2.18. The molecule has 8 nitrogen and oxygen atoms in total. The number of nitrogens with one attached hydrogen (secondary N) is 2. The smallest absolute Gasteiger partial charge is 0.291 e. The van der Waals surface area contributed by atoms with Gasteiger partial charge in [-0.05, 0) is 0 Å². The van der Waals surface area contributed by atoms with Gasteiger partial charge in [-0.15, -0.1) is 5.10 Å². The Morgan fingerprint density at radius 1 is 1.50 bits per heavy atom. The van der Waals surface area contributed by atoms with E-state index in [0.717, 1.165) is 0 Å².